The first-order valence-corrected chi connectivity index (χ1v) is 10.7. The van der Waals surface area contributed by atoms with Crippen LogP contribution in [0.1, 0.15) is 59.4 Å². The molecular weight excluding hydrogens is 374 g/mol. The fraction of sp³-hybridized carbons (Fsp3) is 0.591. The average Bonchev–Trinajstić information content (AvgIpc) is 2.62. The Morgan fingerprint density at radius 2 is 1.89 bits per heavy atom. The monoisotopic (exact) mass is 405 g/mol. The van der Waals surface area contributed by atoms with E-state index in [-0.39, 0.29) is 37.3 Å². The summed E-state index contributed by atoms with van der Waals surface area (Å²) in [5.41, 5.74) is -0.268. The number of carboxylic acids is 1. The number of nitriles is 1. The van der Waals surface area contributed by atoms with Crippen LogP contribution in [0.2, 0.25) is 0 Å². The summed E-state index contributed by atoms with van der Waals surface area (Å²) in [5, 5.41) is 19.5. The minimum atomic E-state index is -1.07. The van der Waals surface area contributed by atoms with Crippen LogP contribution in [0.5, 0.6) is 0 Å². The van der Waals surface area contributed by atoms with Crippen LogP contribution in [0, 0.1) is 23.2 Å². The number of aliphatic carboxylic acids is 1. The molecule has 0 aliphatic rings. The van der Waals surface area contributed by atoms with Crippen LogP contribution in [0.15, 0.2) is 29.2 Å². The van der Waals surface area contributed by atoms with Gasteiger partial charge in [-0.25, -0.2) is 0 Å². The van der Waals surface area contributed by atoms with Gasteiger partial charge in [-0.1, -0.05) is 39.0 Å². The van der Waals surface area contributed by atoms with Gasteiger partial charge in [0.2, 0.25) is 0 Å². The van der Waals surface area contributed by atoms with E-state index in [0.29, 0.717) is 0 Å². The van der Waals surface area contributed by atoms with Crippen molar-refractivity contribution >= 4 is 23.7 Å². The molecule has 1 rings (SSSR count). The lowest BCUT2D eigenvalue weighted by Gasteiger charge is -2.33. The molecule has 0 saturated carbocycles. The van der Waals surface area contributed by atoms with Crippen molar-refractivity contribution in [2.45, 2.75) is 70.3 Å². The summed E-state index contributed by atoms with van der Waals surface area (Å²) < 4.78 is 5.43. The van der Waals surface area contributed by atoms with Gasteiger partial charge in [-0.15, -0.1) is 11.8 Å². The van der Waals surface area contributed by atoms with Crippen LogP contribution >= 0.6 is 11.8 Å². The second-order valence-corrected chi connectivity index (χ2v) is 8.86. The third kappa shape index (κ3) is 6.56. The number of carbonyl (C=O) groups is 2. The molecule has 6 heteroatoms. The maximum absolute atomic E-state index is 12.7. The smallest absolute Gasteiger partial charge is 0.309 e. The van der Waals surface area contributed by atoms with Crippen LogP contribution in [-0.2, 0) is 19.7 Å². The molecule has 0 radical (unpaired) electrons. The second kappa shape index (κ2) is 11.1. The first-order chi connectivity index (χ1) is 13.2. The van der Waals surface area contributed by atoms with Crippen molar-refractivity contribution in [3.63, 3.8) is 0 Å². The lowest BCUT2D eigenvalue weighted by molar-refractivity contribution is -0.154. The molecule has 2 unspecified atom stereocenters. The number of carboxylic acid groups (broad SMARTS) is 1. The molecule has 0 heterocycles. The Morgan fingerprint density at radius 3 is 2.39 bits per heavy atom. The Bertz CT molecular complexity index is 711. The van der Waals surface area contributed by atoms with E-state index in [9.17, 15) is 20.0 Å². The van der Waals surface area contributed by atoms with E-state index in [1.165, 1.54) is 0 Å². The van der Waals surface area contributed by atoms with Crippen molar-refractivity contribution in [1.29, 1.82) is 5.26 Å². The van der Waals surface area contributed by atoms with Gasteiger partial charge in [0.25, 0.3) is 0 Å². The van der Waals surface area contributed by atoms with Gasteiger partial charge in [0, 0.05) is 11.3 Å². The number of nitrogens with zero attached hydrogens (tertiary/aromatic N) is 1. The number of carbonyl (C=O) groups excluding carboxylic acids is 1. The zero-order chi connectivity index (χ0) is 21.3. The third-order valence-electron chi connectivity index (χ3n) is 4.71. The van der Waals surface area contributed by atoms with E-state index < -0.39 is 17.3 Å². The van der Waals surface area contributed by atoms with Crippen LogP contribution in [0.3, 0.4) is 0 Å². The molecular formula is C22H31NO4S. The van der Waals surface area contributed by atoms with E-state index in [4.69, 9.17) is 4.74 Å². The Morgan fingerprint density at radius 1 is 1.25 bits per heavy atom. The standard InChI is InChI=1S/C22H31NO4S/c1-6-28-19-10-8-7-9-18(19)22(14-23,12-11-20(24)25)13-17(15(2)3)21(26)27-16(4)5/h7-10,15-17H,6,11-13H2,1-5H3,(H,24,25). The van der Waals surface area contributed by atoms with Crippen molar-refractivity contribution in [3.8, 4) is 6.07 Å². The molecule has 1 N–H and O–H groups in total. The summed E-state index contributed by atoms with van der Waals surface area (Å²) >= 11 is 1.62. The summed E-state index contributed by atoms with van der Waals surface area (Å²) in [6.45, 7) is 9.48. The number of rotatable bonds is 11. The molecule has 0 saturated heterocycles. The lowest BCUT2D eigenvalue weighted by Crippen LogP contribution is -2.35. The molecule has 0 aliphatic heterocycles. The van der Waals surface area contributed by atoms with E-state index in [0.717, 1.165) is 16.2 Å². The Balaban J connectivity index is 3.44. The lowest BCUT2D eigenvalue weighted by atomic mass is 9.69. The third-order valence-corrected chi connectivity index (χ3v) is 5.67. The highest BCUT2D eigenvalue weighted by Crippen LogP contribution is 2.42. The molecule has 0 aromatic heterocycles. The fourth-order valence-electron chi connectivity index (χ4n) is 3.26. The SMILES string of the molecule is CCSc1ccccc1C(C#N)(CCC(=O)O)CC(C(=O)OC(C)C)C(C)C. The van der Waals surface area contributed by atoms with Crippen LogP contribution < -0.4 is 0 Å². The molecule has 0 bridgehead atoms. The van der Waals surface area contributed by atoms with Gasteiger partial charge >= 0.3 is 11.9 Å². The highest BCUT2D eigenvalue weighted by atomic mass is 32.2. The minimum Gasteiger partial charge on any atom is -0.481 e. The summed E-state index contributed by atoms with van der Waals surface area (Å²) in [4.78, 5) is 25.0. The van der Waals surface area contributed by atoms with Gasteiger partial charge in [0.15, 0.2) is 0 Å². The summed E-state index contributed by atoms with van der Waals surface area (Å²) in [6.07, 6.45) is 0.00895. The number of benzene rings is 1. The maximum Gasteiger partial charge on any atom is 0.309 e. The topological polar surface area (TPSA) is 87.4 Å². The zero-order valence-corrected chi connectivity index (χ0v) is 18.2. The van der Waals surface area contributed by atoms with Gasteiger partial charge in [-0.2, -0.15) is 5.26 Å². The molecule has 0 aliphatic carbocycles. The quantitative estimate of drug-likeness (QED) is 0.410. The van der Waals surface area contributed by atoms with Crippen molar-refractivity contribution in [2.24, 2.45) is 11.8 Å². The predicted molar refractivity (Wildman–Crippen MR) is 111 cm³/mol. The highest BCUT2D eigenvalue weighted by Gasteiger charge is 2.41. The van der Waals surface area contributed by atoms with E-state index in [2.05, 4.69) is 6.07 Å². The molecule has 0 amide bonds. The summed E-state index contributed by atoms with van der Waals surface area (Å²) in [6, 6.07) is 10.0. The average molecular weight is 406 g/mol. The largest absolute Gasteiger partial charge is 0.481 e. The van der Waals surface area contributed by atoms with E-state index in [1.54, 1.807) is 25.6 Å². The van der Waals surface area contributed by atoms with Crippen molar-refractivity contribution in [3.05, 3.63) is 29.8 Å². The van der Waals surface area contributed by atoms with Crippen molar-refractivity contribution in [1.82, 2.24) is 0 Å². The van der Waals surface area contributed by atoms with Gasteiger partial charge < -0.3 is 9.84 Å². The Labute approximate surface area is 172 Å². The normalized spacial score (nSPS) is 14.4. The van der Waals surface area contributed by atoms with Crippen molar-refractivity contribution < 1.29 is 19.4 Å². The van der Waals surface area contributed by atoms with E-state index >= 15 is 0 Å². The molecule has 28 heavy (non-hydrogen) atoms. The zero-order valence-electron chi connectivity index (χ0n) is 17.4. The van der Waals surface area contributed by atoms with Gasteiger partial charge in [0.1, 0.15) is 0 Å². The maximum atomic E-state index is 12.7. The first-order valence-electron chi connectivity index (χ1n) is 9.72. The van der Waals surface area contributed by atoms with Gasteiger partial charge in [-0.05, 0) is 50.0 Å². The molecule has 0 spiro atoms. The summed E-state index contributed by atoms with van der Waals surface area (Å²) in [5.74, 6) is -0.975. The number of thioether (sulfide) groups is 1. The molecule has 1 aromatic rings. The number of hydrogen-bond donors (Lipinski definition) is 1. The Hall–Kier alpha value is -2.00. The van der Waals surface area contributed by atoms with Crippen LogP contribution in [0.25, 0.3) is 0 Å². The predicted octanol–water partition coefficient (Wildman–Crippen LogP) is 5.04. The molecule has 154 valence electrons. The number of ether oxygens (including phenoxy) is 1. The number of hydrogen-bond acceptors (Lipinski definition) is 5. The van der Waals surface area contributed by atoms with Crippen LogP contribution in [-0.4, -0.2) is 28.9 Å². The minimum absolute atomic E-state index is 0.0326. The molecule has 2 atom stereocenters. The van der Waals surface area contributed by atoms with Gasteiger partial charge in [0.05, 0.1) is 23.5 Å². The van der Waals surface area contributed by atoms with Gasteiger partial charge in [-0.3, -0.25) is 9.59 Å². The first kappa shape index (κ1) is 24.0. The molecule has 1 aromatic carbocycles. The highest BCUT2D eigenvalue weighted by molar-refractivity contribution is 7.99. The fourth-order valence-corrected chi connectivity index (χ4v) is 4.16. The summed E-state index contributed by atoms with van der Waals surface area (Å²) in [7, 11) is 0. The Kier molecular flexibility index (Phi) is 9.54. The van der Waals surface area contributed by atoms with Crippen LogP contribution in [0.4, 0.5) is 0 Å². The van der Waals surface area contributed by atoms with E-state index in [1.807, 2.05) is 45.0 Å². The second-order valence-electron chi connectivity index (χ2n) is 7.56. The molecule has 5 nitrogen and oxygen atoms in total. The molecule has 0 fully saturated rings. The number of esters is 1. The van der Waals surface area contributed by atoms with Crippen molar-refractivity contribution in [2.75, 3.05) is 5.75 Å².